The third-order valence-electron chi connectivity index (χ3n) is 3.58. The van der Waals surface area contributed by atoms with E-state index in [1.807, 2.05) is 0 Å². The highest BCUT2D eigenvalue weighted by Gasteiger charge is 2.34. The number of alkyl halides is 3. The van der Waals surface area contributed by atoms with Crippen LogP contribution in [0.4, 0.5) is 19.0 Å². The summed E-state index contributed by atoms with van der Waals surface area (Å²) in [5.41, 5.74) is 0.449. The van der Waals surface area contributed by atoms with Crippen LogP contribution in [0, 0.1) is 0 Å². The maximum absolute atomic E-state index is 12.8. The van der Waals surface area contributed by atoms with E-state index in [0.717, 1.165) is 11.8 Å². The smallest absolute Gasteiger partial charge is 0.434 e. The van der Waals surface area contributed by atoms with Gasteiger partial charge in [-0.2, -0.15) is 18.2 Å². The molecule has 0 aliphatic carbocycles. The molecule has 0 radical (unpaired) electrons. The van der Waals surface area contributed by atoms with Crippen molar-refractivity contribution in [3.63, 3.8) is 0 Å². The van der Waals surface area contributed by atoms with Gasteiger partial charge in [0.25, 0.3) is 0 Å². The normalized spacial score (nSPS) is 11.6. The van der Waals surface area contributed by atoms with Gasteiger partial charge in [-0.25, -0.2) is 9.97 Å². The van der Waals surface area contributed by atoms with Gasteiger partial charge >= 0.3 is 6.18 Å². The molecule has 0 aliphatic rings. The van der Waals surface area contributed by atoms with E-state index in [2.05, 4.69) is 20.3 Å². The molecule has 0 unspecified atom stereocenters. The molecule has 0 fully saturated rings. The van der Waals surface area contributed by atoms with Crippen LogP contribution in [0.15, 0.2) is 36.7 Å². The van der Waals surface area contributed by atoms with E-state index in [4.69, 9.17) is 11.6 Å². The Balaban J connectivity index is 1.75. The Labute approximate surface area is 151 Å². The summed E-state index contributed by atoms with van der Waals surface area (Å²) in [4.78, 5) is 11.2. The van der Waals surface area contributed by atoms with Gasteiger partial charge in [-0.05, 0) is 17.2 Å². The summed E-state index contributed by atoms with van der Waals surface area (Å²) >= 11 is 5.67. The zero-order chi connectivity index (χ0) is 18.9. The first kappa shape index (κ1) is 18.0. The number of nitrogens with one attached hydrogen (secondary N) is 1. The van der Waals surface area contributed by atoms with E-state index >= 15 is 0 Å². The van der Waals surface area contributed by atoms with Crippen molar-refractivity contribution >= 4 is 17.4 Å². The number of hydrogen-bond donors (Lipinski definition) is 2. The van der Waals surface area contributed by atoms with Crippen LogP contribution in [0.1, 0.15) is 11.3 Å². The number of aromatic nitrogens is 4. The fourth-order valence-electron chi connectivity index (χ4n) is 2.31. The average Bonchev–Trinajstić information content (AvgIpc) is 2.98. The fraction of sp³-hybridized carbons (Fsp3) is 0.188. The number of nitrogens with zero attached hydrogens (tertiary/aromatic N) is 4. The van der Waals surface area contributed by atoms with Crippen molar-refractivity contribution in [1.29, 1.82) is 0 Å². The minimum atomic E-state index is -4.49. The third kappa shape index (κ3) is 3.88. The molecule has 136 valence electrons. The van der Waals surface area contributed by atoms with Gasteiger partial charge in [-0.1, -0.05) is 24.3 Å². The molecule has 0 amide bonds. The highest BCUT2D eigenvalue weighted by atomic mass is 35.5. The first-order chi connectivity index (χ1) is 12.2. The number of hydrogen-bond acceptors (Lipinski definition) is 5. The quantitative estimate of drug-likeness (QED) is 0.669. The number of imidazole rings is 1. The van der Waals surface area contributed by atoms with Crippen molar-refractivity contribution in [2.24, 2.45) is 7.05 Å². The van der Waals surface area contributed by atoms with Gasteiger partial charge in [0.1, 0.15) is 5.82 Å². The van der Waals surface area contributed by atoms with Gasteiger partial charge in [0, 0.05) is 25.4 Å². The zero-order valence-electron chi connectivity index (χ0n) is 13.4. The molecular formula is C16H13ClF3N5O. The second-order valence-corrected chi connectivity index (χ2v) is 5.82. The number of aromatic hydroxyl groups is 1. The Morgan fingerprint density at radius 2 is 1.88 bits per heavy atom. The van der Waals surface area contributed by atoms with E-state index in [-0.39, 0.29) is 22.7 Å². The van der Waals surface area contributed by atoms with Gasteiger partial charge in [-0.15, -0.1) is 0 Å². The highest BCUT2D eigenvalue weighted by Crippen LogP contribution is 2.30. The molecule has 0 aliphatic heterocycles. The van der Waals surface area contributed by atoms with Gasteiger partial charge in [0.2, 0.25) is 5.28 Å². The van der Waals surface area contributed by atoms with Gasteiger partial charge < -0.3 is 15.0 Å². The van der Waals surface area contributed by atoms with Crippen molar-refractivity contribution in [2.45, 2.75) is 12.7 Å². The summed E-state index contributed by atoms with van der Waals surface area (Å²) in [5.74, 6) is 0.267. The average molecular weight is 384 g/mol. The standard InChI is InChI=1S/C16H13ClF3N5O/c1-25-8-12(16(18,19)20)23-14(25)10-4-2-9(3-5-10)6-21-13-11(26)7-22-15(17)24-13/h2-5,7-8,26H,6H2,1H3,(H,21,22,24). The van der Waals surface area contributed by atoms with E-state index in [0.29, 0.717) is 12.1 Å². The summed E-state index contributed by atoms with van der Waals surface area (Å²) in [6.07, 6.45) is -2.35. The topological polar surface area (TPSA) is 75.9 Å². The summed E-state index contributed by atoms with van der Waals surface area (Å²) in [6, 6.07) is 6.83. The molecule has 0 saturated heterocycles. The van der Waals surface area contributed by atoms with Gasteiger partial charge in [-0.3, -0.25) is 0 Å². The van der Waals surface area contributed by atoms with E-state index in [1.165, 1.54) is 17.8 Å². The van der Waals surface area contributed by atoms with E-state index in [1.54, 1.807) is 24.3 Å². The summed E-state index contributed by atoms with van der Waals surface area (Å²) < 4.78 is 39.6. The minimum absolute atomic E-state index is 0.00380. The molecular weight excluding hydrogens is 371 g/mol. The Morgan fingerprint density at radius 1 is 1.19 bits per heavy atom. The molecule has 2 N–H and O–H groups in total. The van der Waals surface area contributed by atoms with Crippen LogP contribution in [0.3, 0.4) is 0 Å². The molecule has 6 nitrogen and oxygen atoms in total. The summed E-state index contributed by atoms with van der Waals surface area (Å²) in [7, 11) is 1.51. The molecule has 0 saturated carbocycles. The second kappa shape index (κ2) is 6.83. The molecule has 0 bridgehead atoms. The number of anilines is 1. The van der Waals surface area contributed by atoms with Crippen molar-refractivity contribution in [1.82, 2.24) is 19.5 Å². The molecule has 0 atom stereocenters. The molecule has 3 rings (SSSR count). The molecule has 3 aromatic rings. The van der Waals surface area contributed by atoms with E-state index < -0.39 is 11.9 Å². The maximum atomic E-state index is 12.8. The molecule has 2 heterocycles. The van der Waals surface area contributed by atoms with Crippen LogP contribution in [0.25, 0.3) is 11.4 Å². The molecule has 10 heteroatoms. The predicted molar refractivity (Wildman–Crippen MR) is 89.7 cm³/mol. The maximum Gasteiger partial charge on any atom is 0.434 e. The number of benzene rings is 1. The third-order valence-corrected chi connectivity index (χ3v) is 3.76. The van der Waals surface area contributed by atoms with Crippen LogP contribution in [-0.4, -0.2) is 24.6 Å². The minimum Gasteiger partial charge on any atom is -0.503 e. The van der Waals surface area contributed by atoms with Crippen LogP contribution in [-0.2, 0) is 19.8 Å². The predicted octanol–water partition coefficient (Wildman–Crippen LogP) is 3.87. The molecule has 0 spiro atoms. The van der Waals surface area contributed by atoms with Crippen LogP contribution in [0.2, 0.25) is 5.28 Å². The first-order valence-electron chi connectivity index (χ1n) is 7.39. The van der Waals surface area contributed by atoms with Crippen molar-refractivity contribution < 1.29 is 18.3 Å². The van der Waals surface area contributed by atoms with Gasteiger partial charge in [0.05, 0.1) is 6.20 Å². The number of halogens is 4. The molecule has 1 aromatic carbocycles. The van der Waals surface area contributed by atoms with Crippen LogP contribution in [0.5, 0.6) is 5.75 Å². The lowest BCUT2D eigenvalue weighted by molar-refractivity contribution is -0.140. The monoisotopic (exact) mass is 383 g/mol. The van der Waals surface area contributed by atoms with Crippen LogP contribution >= 0.6 is 11.6 Å². The van der Waals surface area contributed by atoms with Crippen molar-refractivity contribution in [2.75, 3.05) is 5.32 Å². The lowest BCUT2D eigenvalue weighted by Crippen LogP contribution is -2.04. The van der Waals surface area contributed by atoms with Gasteiger partial charge in [0.15, 0.2) is 17.3 Å². The Hall–Kier alpha value is -2.81. The summed E-state index contributed by atoms with van der Waals surface area (Å²) in [5, 5.41) is 12.6. The lowest BCUT2D eigenvalue weighted by atomic mass is 10.1. The van der Waals surface area contributed by atoms with Crippen LogP contribution < -0.4 is 5.32 Å². The SMILES string of the molecule is Cn1cc(C(F)(F)F)nc1-c1ccc(CNc2nc(Cl)ncc2O)cc1. The first-order valence-corrected chi connectivity index (χ1v) is 7.77. The number of aryl methyl sites for hydroxylation is 1. The number of rotatable bonds is 4. The zero-order valence-corrected chi connectivity index (χ0v) is 14.2. The fourth-order valence-corrected chi connectivity index (χ4v) is 2.45. The summed E-state index contributed by atoms with van der Waals surface area (Å²) in [6.45, 7) is 0.329. The Kier molecular flexibility index (Phi) is 4.73. The lowest BCUT2D eigenvalue weighted by Gasteiger charge is -2.08. The highest BCUT2D eigenvalue weighted by molar-refractivity contribution is 6.28. The second-order valence-electron chi connectivity index (χ2n) is 5.48. The largest absolute Gasteiger partial charge is 0.503 e. The van der Waals surface area contributed by atoms with E-state index in [9.17, 15) is 18.3 Å². The van der Waals surface area contributed by atoms with Crippen molar-refractivity contribution in [3.8, 4) is 17.1 Å². The molecule has 2 aromatic heterocycles. The Morgan fingerprint density at radius 3 is 2.50 bits per heavy atom. The molecule has 26 heavy (non-hydrogen) atoms. The Bertz CT molecular complexity index is 925. The van der Waals surface area contributed by atoms with Crippen molar-refractivity contribution in [3.05, 3.63) is 53.2 Å².